The molecule has 0 radical (unpaired) electrons. The summed E-state index contributed by atoms with van der Waals surface area (Å²) in [6.45, 7) is 8.23. The fourth-order valence-electron chi connectivity index (χ4n) is 2.75. The summed E-state index contributed by atoms with van der Waals surface area (Å²) >= 11 is 0. The zero-order valence-electron chi connectivity index (χ0n) is 13.1. The Labute approximate surface area is 125 Å². The van der Waals surface area contributed by atoms with Gasteiger partial charge < -0.3 is 20.9 Å². The second kappa shape index (κ2) is 5.31. The van der Waals surface area contributed by atoms with Gasteiger partial charge in [0.15, 0.2) is 0 Å². The van der Waals surface area contributed by atoms with Crippen LogP contribution < -0.4 is 11.1 Å². The first-order valence-corrected chi connectivity index (χ1v) is 7.24. The number of nitrogens with one attached hydrogen (secondary N) is 1. The Morgan fingerprint density at radius 1 is 1.52 bits per heavy atom. The fraction of sp³-hybridized carbons (Fsp3) is 0.562. The van der Waals surface area contributed by atoms with Gasteiger partial charge in [-0.15, -0.1) is 0 Å². The van der Waals surface area contributed by atoms with Crippen molar-refractivity contribution in [2.24, 2.45) is 11.1 Å². The maximum Gasteiger partial charge on any atom is 0.245 e. The Balaban J connectivity index is 2.12. The molecule has 2 atom stereocenters. The minimum Gasteiger partial charge on any atom is -0.508 e. The van der Waals surface area contributed by atoms with Crippen LogP contribution in [0.25, 0.3) is 0 Å². The van der Waals surface area contributed by atoms with Gasteiger partial charge in [-0.05, 0) is 25.5 Å². The summed E-state index contributed by atoms with van der Waals surface area (Å²) in [5.41, 5.74) is 6.22. The van der Waals surface area contributed by atoms with E-state index in [9.17, 15) is 9.90 Å². The molecule has 0 spiro atoms. The molecule has 1 aromatic carbocycles. The summed E-state index contributed by atoms with van der Waals surface area (Å²) in [7, 11) is 0. The molecule has 0 aromatic heterocycles. The van der Waals surface area contributed by atoms with Crippen molar-refractivity contribution in [2.45, 2.75) is 45.8 Å². The van der Waals surface area contributed by atoms with Gasteiger partial charge in [-0.1, -0.05) is 19.9 Å². The normalized spacial score (nSPS) is 27.0. The molecule has 116 valence electrons. The largest absolute Gasteiger partial charge is 0.508 e. The number of carbonyl (C=O) groups excluding carboxylic acids is 1. The molecule has 0 heterocycles. The van der Waals surface area contributed by atoms with Gasteiger partial charge in [-0.3, -0.25) is 4.79 Å². The number of aromatic hydroxyl groups is 1. The topological polar surface area (TPSA) is 84.6 Å². The number of ether oxygens (including phenoxy) is 1. The highest BCUT2D eigenvalue weighted by Crippen LogP contribution is 2.50. The van der Waals surface area contributed by atoms with Crippen molar-refractivity contribution in [1.82, 2.24) is 0 Å². The highest BCUT2D eigenvalue weighted by atomic mass is 16.5. The van der Waals surface area contributed by atoms with E-state index in [4.69, 9.17) is 10.5 Å². The van der Waals surface area contributed by atoms with Crippen molar-refractivity contribution in [3.05, 3.63) is 23.8 Å². The standard InChI is InChI=1S/C16H24N2O3/c1-5-21-13-9-16(17,15(13,3)4)14(20)18-11-7-6-10(2)12(19)8-11/h6-8,13,19H,5,9,17H2,1-4H3,(H,18,20). The van der Waals surface area contributed by atoms with Gasteiger partial charge in [0.05, 0.1) is 6.10 Å². The Morgan fingerprint density at radius 2 is 2.19 bits per heavy atom. The molecule has 1 fully saturated rings. The zero-order chi connectivity index (χ0) is 15.8. The number of rotatable bonds is 4. The highest BCUT2D eigenvalue weighted by Gasteiger charge is 2.62. The second-order valence-electron chi connectivity index (χ2n) is 6.30. The molecule has 5 heteroatoms. The van der Waals surface area contributed by atoms with Crippen molar-refractivity contribution in [3.63, 3.8) is 0 Å². The van der Waals surface area contributed by atoms with Crippen LogP contribution in [0.5, 0.6) is 5.75 Å². The number of carbonyl (C=O) groups is 1. The third-order valence-electron chi connectivity index (χ3n) is 4.70. The first-order chi connectivity index (χ1) is 9.72. The molecular formula is C16H24N2O3. The first kappa shape index (κ1) is 15.8. The van der Waals surface area contributed by atoms with Gasteiger partial charge in [-0.25, -0.2) is 0 Å². The molecule has 5 nitrogen and oxygen atoms in total. The minimum atomic E-state index is -0.965. The third kappa shape index (κ3) is 2.51. The minimum absolute atomic E-state index is 0.00956. The number of phenolic OH excluding ortho intramolecular Hbond substituents is 1. The smallest absolute Gasteiger partial charge is 0.245 e. The second-order valence-corrected chi connectivity index (χ2v) is 6.30. The van der Waals surface area contributed by atoms with Crippen LogP contribution in [0.15, 0.2) is 18.2 Å². The fourth-order valence-corrected chi connectivity index (χ4v) is 2.75. The van der Waals surface area contributed by atoms with Gasteiger partial charge in [0, 0.05) is 30.2 Å². The van der Waals surface area contributed by atoms with Crippen LogP contribution in [-0.2, 0) is 9.53 Å². The summed E-state index contributed by atoms with van der Waals surface area (Å²) in [5.74, 6) is -0.0920. The summed E-state index contributed by atoms with van der Waals surface area (Å²) < 4.78 is 5.62. The number of hydrogen-bond donors (Lipinski definition) is 3. The lowest BCUT2D eigenvalue weighted by molar-refractivity contribution is -0.166. The molecule has 1 amide bonds. The molecule has 1 aliphatic rings. The summed E-state index contributed by atoms with van der Waals surface area (Å²) in [5, 5.41) is 12.5. The Bertz CT molecular complexity index is 556. The first-order valence-electron chi connectivity index (χ1n) is 7.24. The number of hydrogen-bond acceptors (Lipinski definition) is 4. The third-order valence-corrected chi connectivity index (χ3v) is 4.70. The van der Waals surface area contributed by atoms with Gasteiger partial charge in [-0.2, -0.15) is 0 Å². The lowest BCUT2D eigenvalue weighted by Crippen LogP contribution is -2.74. The quantitative estimate of drug-likeness (QED) is 0.794. The van der Waals surface area contributed by atoms with E-state index in [2.05, 4.69) is 5.32 Å². The molecule has 1 saturated carbocycles. The zero-order valence-corrected chi connectivity index (χ0v) is 13.1. The number of anilines is 1. The van der Waals surface area contributed by atoms with Crippen molar-refractivity contribution >= 4 is 11.6 Å². The number of amides is 1. The van der Waals surface area contributed by atoms with Gasteiger partial charge in [0.1, 0.15) is 11.3 Å². The Kier molecular flexibility index (Phi) is 4.00. The molecule has 4 N–H and O–H groups in total. The van der Waals surface area contributed by atoms with Crippen molar-refractivity contribution in [2.75, 3.05) is 11.9 Å². The van der Waals surface area contributed by atoms with E-state index < -0.39 is 11.0 Å². The molecule has 1 aromatic rings. The van der Waals surface area contributed by atoms with Gasteiger partial charge in [0.25, 0.3) is 0 Å². The highest BCUT2D eigenvalue weighted by molar-refractivity contribution is 6.00. The summed E-state index contributed by atoms with van der Waals surface area (Å²) in [4.78, 5) is 12.5. The van der Waals surface area contributed by atoms with Crippen LogP contribution in [0.1, 0.15) is 32.8 Å². The number of benzene rings is 1. The van der Waals surface area contributed by atoms with E-state index in [1.165, 1.54) is 6.07 Å². The van der Waals surface area contributed by atoms with E-state index >= 15 is 0 Å². The molecule has 2 unspecified atom stereocenters. The molecule has 0 aliphatic heterocycles. The van der Waals surface area contributed by atoms with E-state index in [-0.39, 0.29) is 17.8 Å². The van der Waals surface area contributed by atoms with E-state index in [0.29, 0.717) is 18.7 Å². The Hall–Kier alpha value is -1.59. The average molecular weight is 292 g/mol. The number of phenols is 1. The van der Waals surface area contributed by atoms with Crippen LogP contribution in [0, 0.1) is 12.3 Å². The average Bonchev–Trinajstić information content (AvgIpc) is 2.42. The lowest BCUT2D eigenvalue weighted by Gasteiger charge is -2.57. The predicted molar refractivity (Wildman–Crippen MR) is 82.2 cm³/mol. The summed E-state index contributed by atoms with van der Waals surface area (Å²) in [6, 6.07) is 5.04. The molecular weight excluding hydrogens is 268 g/mol. The molecule has 21 heavy (non-hydrogen) atoms. The van der Waals surface area contributed by atoms with E-state index in [1.807, 2.05) is 20.8 Å². The van der Waals surface area contributed by atoms with Gasteiger partial charge >= 0.3 is 0 Å². The number of nitrogens with two attached hydrogens (primary N) is 1. The number of aryl methyl sites for hydroxylation is 1. The van der Waals surface area contributed by atoms with E-state index in [1.54, 1.807) is 19.1 Å². The van der Waals surface area contributed by atoms with Crippen LogP contribution in [-0.4, -0.2) is 29.3 Å². The maximum absolute atomic E-state index is 12.5. The monoisotopic (exact) mass is 292 g/mol. The van der Waals surface area contributed by atoms with Crippen molar-refractivity contribution in [1.29, 1.82) is 0 Å². The lowest BCUT2D eigenvalue weighted by atomic mass is 9.54. The van der Waals surface area contributed by atoms with Crippen LogP contribution in [0.4, 0.5) is 5.69 Å². The van der Waals surface area contributed by atoms with Crippen molar-refractivity contribution in [3.8, 4) is 5.75 Å². The molecule has 0 saturated heterocycles. The molecule has 0 bridgehead atoms. The van der Waals surface area contributed by atoms with Crippen LogP contribution >= 0.6 is 0 Å². The predicted octanol–water partition coefficient (Wildman–Crippen LogP) is 2.17. The van der Waals surface area contributed by atoms with E-state index in [0.717, 1.165) is 5.56 Å². The SMILES string of the molecule is CCOC1CC(N)(C(=O)Nc2ccc(C)c(O)c2)C1(C)C. The van der Waals surface area contributed by atoms with Gasteiger partial charge in [0.2, 0.25) is 5.91 Å². The molecule has 2 rings (SSSR count). The molecule has 1 aliphatic carbocycles. The van der Waals surface area contributed by atoms with Crippen LogP contribution in [0.3, 0.4) is 0 Å². The summed E-state index contributed by atoms with van der Waals surface area (Å²) in [6.07, 6.45) is 0.488. The van der Waals surface area contributed by atoms with Crippen LogP contribution in [0.2, 0.25) is 0 Å². The van der Waals surface area contributed by atoms with Crippen molar-refractivity contribution < 1.29 is 14.6 Å². The maximum atomic E-state index is 12.5. The Morgan fingerprint density at radius 3 is 2.71 bits per heavy atom.